The van der Waals surface area contributed by atoms with Crippen LogP contribution in [0, 0.1) is 0 Å². The first-order valence-corrected chi connectivity index (χ1v) is 9.69. The maximum Gasteiger partial charge on any atom is 0.468 e. The van der Waals surface area contributed by atoms with E-state index in [1.54, 1.807) is 0 Å². The molecule has 0 unspecified atom stereocenters. The van der Waals surface area contributed by atoms with Crippen LogP contribution in [-0.4, -0.2) is 49.1 Å². The molecule has 0 bridgehead atoms. The van der Waals surface area contributed by atoms with E-state index in [0.717, 1.165) is 30.0 Å². The molecule has 0 aromatic rings. The van der Waals surface area contributed by atoms with E-state index in [4.69, 9.17) is 18.8 Å². The Hall–Kier alpha value is 0.635. The summed E-state index contributed by atoms with van der Waals surface area (Å²) in [6.07, 6.45) is 9.16. The summed E-state index contributed by atoms with van der Waals surface area (Å²) >= 11 is 2.34. The van der Waals surface area contributed by atoms with Crippen molar-refractivity contribution in [2.24, 2.45) is 0 Å². The second-order valence-electron chi connectivity index (χ2n) is 6.65. The smallest absolute Gasteiger partial charge is 0.402 e. The maximum atomic E-state index is 6.31. The first kappa shape index (κ1) is 16.5. The van der Waals surface area contributed by atoms with Crippen molar-refractivity contribution in [1.82, 2.24) is 0 Å². The fourth-order valence-corrected chi connectivity index (χ4v) is 4.95. The molecule has 0 spiro atoms. The van der Waals surface area contributed by atoms with Gasteiger partial charge in [-0.2, -0.15) is 0 Å². The highest BCUT2D eigenvalue weighted by atomic mass is 127. The van der Waals surface area contributed by atoms with Crippen LogP contribution < -0.4 is 0 Å². The highest BCUT2D eigenvalue weighted by Gasteiger charge is 2.59. The van der Waals surface area contributed by atoms with E-state index in [1.807, 2.05) is 14.2 Å². The van der Waals surface area contributed by atoms with Crippen LogP contribution >= 0.6 is 22.6 Å². The quantitative estimate of drug-likeness (QED) is 0.398. The molecule has 3 fully saturated rings. The Labute approximate surface area is 141 Å². The molecular formula is C15H26BIO4. The van der Waals surface area contributed by atoms with Gasteiger partial charge in [0.15, 0.2) is 0 Å². The zero-order valence-corrected chi connectivity index (χ0v) is 15.3. The average molecular weight is 408 g/mol. The molecule has 0 N–H and O–H groups in total. The molecule has 1 saturated heterocycles. The molecule has 1 aliphatic heterocycles. The first-order valence-electron chi connectivity index (χ1n) is 8.17. The number of ether oxygens (including phenoxy) is 2. The van der Waals surface area contributed by atoms with Crippen molar-refractivity contribution in [2.75, 3.05) is 18.5 Å². The molecule has 2 atom stereocenters. The summed E-state index contributed by atoms with van der Waals surface area (Å²) in [6, 6.07) is 0. The van der Waals surface area contributed by atoms with Gasteiger partial charge in [-0.25, -0.2) is 0 Å². The second kappa shape index (κ2) is 6.63. The van der Waals surface area contributed by atoms with Gasteiger partial charge >= 0.3 is 7.12 Å². The van der Waals surface area contributed by atoms with Crippen molar-refractivity contribution < 1.29 is 18.8 Å². The van der Waals surface area contributed by atoms with Gasteiger partial charge in [0.1, 0.15) is 0 Å². The van der Waals surface area contributed by atoms with Gasteiger partial charge in [0.25, 0.3) is 0 Å². The van der Waals surface area contributed by atoms with Crippen LogP contribution in [0.4, 0.5) is 0 Å². The van der Waals surface area contributed by atoms with Gasteiger partial charge < -0.3 is 18.8 Å². The van der Waals surface area contributed by atoms with E-state index in [1.165, 1.54) is 25.7 Å². The third kappa shape index (κ3) is 2.79. The third-order valence-corrected chi connectivity index (χ3v) is 6.47. The molecule has 3 aliphatic rings. The number of methoxy groups -OCH3 is 2. The number of rotatable bonds is 5. The molecule has 4 nitrogen and oxygen atoms in total. The molecule has 0 radical (unpaired) electrons. The number of hydrogen-bond acceptors (Lipinski definition) is 4. The van der Waals surface area contributed by atoms with Gasteiger partial charge in [-0.05, 0) is 25.7 Å². The summed E-state index contributed by atoms with van der Waals surface area (Å²) in [5.41, 5.74) is -0.362. The van der Waals surface area contributed by atoms with E-state index < -0.39 is 0 Å². The molecule has 2 saturated carbocycles. The summed E-state index contributed by atoms with van der Waals surface area (Å²) in [5, 5.41) is 0. The minimum absolute atomic E-state index is 0.00261. The lowest BCUT2D eigenvalue weighted by Gasteiger charge is -2.43. The lowest BCUT2D eigenvalue weighted by molar-refractivity contribution is -0.153. The molecule has 6 heteroatoms. The molecule has 0 aromatic heterocycles. The number of hydrogen-bond donors (Lipinski definition) is 0. The van der Waals surface area contributed by atoms with Gasteiger partial charge in [0.05, 0.1) is 23.4 Å². The molecule has 120 valence electrons. The third-order valence-electron chi connectivity index (χ3n) is 5.75. The Bertz CT molecular complexity index is 324. The van der Waals surface area contributed by atoms with E-state index in [-0.39, 0.29) is 30.5 Å². The largest absolute Gasteiger partial charge is 0.468 e. The van der Waals surface area contributed by atoms with Crippen LogP contribution in [0.3, 0.4) is 0 Å². The Morgan fingerprint density at radius 1 is 0.905 bits per heavy atom. The van der Waals surface area contributed by atoms with Crippen molar-refractivity contribution in [1.29, 1.82) is 0 Å². The van der Waals surface area contributed by atoms with E-state index in [0.29, 0.717) is 0 Å². The Morgan fingerprint density at radius 2 is 1.29 bits per heavy atom. The topological polar surface area (TPSA) is 36.9 Å². The Kier molecular flexibility index (Phi) is 5.21. The molecule has 0 amide bonds. The van der Waals surface area contributed by atoms with Crippen molar-refractivity contribution in [3.8, 4) is 0 Å². The highest BCUT2D eigenvalue weighted by Crippen LogP contribution is 2.48. The van der Waals surface area contributed by atoms with Gasteiger partial charge in [0.2, 0.25) is 0 Å². The zero-order valence-electron chi connectivity index (χ0n) is 13.1. The normalized spacial score (nSPS) is 34.7. The summed E-state index contributed by atoms with van der Waals surface area (Å²) in [6.45, 7) is 0. The average Bonchev–Trinajstić information content (AvgIpc) is 3.25. The molecule has 2 aliphatic carbocycles. The number of alkyl halides is 1. The maximum absolute atomic E-state index is 6.31. The number of halogens is 1. The van der Waals surface area contributed by atoms with Crippen LogP contribution in [0.25, 0.3) is 0 Å². The summed E-state index contributed by atoms with van der Waals surface area (Å²) in [4.78, 5) is 0. The SMILES string of the molecule is COC1([C@H]2OB(CI)O[C@@H]2C2(OC)CCCC2)CCCC1. The fraction of sp³-hybridized carbons (Fsp3) is 1.00. The lowest BCUT2D eigenvalue weighted by Crippen LogP contribution is -2.56. The zero-order chi connectivity index (χ0) is 14.9. The van der Waals surface area contributed by atoms with Crippen LogP contribution in [0.2, 0.25) is 0 Å². The lowest BCUT2D eigenvalue weighted by atomic mass is 9.81. The minimum atomic E-state index is -0.181. The monoisotopic (exact) mass is 408 g/mol. The predicted octanol–water partition coefficient (Wildman–Crippen LogP) is 3.15. The molecule has 21 heavy (non-hydrogen) atoms. The van der Waals surface area contributed by atoms with Gasteiger partial charge in [-0.15, -0.1) is 0 Å². The van der Waals surface area contributed by atoms with Gasteiger partial charge in [0, 0.05) is 18.5 Å². The summed E-state index contributed by atoms with van der Waals surface area (Å²) in [5.74, 6) is 0. The standard InChI is InChI=1S/C15H26BIO4/c1-18-14(7-3-4-8-14)12-13(21-16(11-17)20-12)15(19-2)9-5-6-10-15/h12-13H,3-11H2,1-2H3/t12-,13-/m0/s1. The molecule has 3 rings (SSSR count). The highest BCUT2D eigenvalue weighted by molar-refractivity contribution is 14.1. The van der Waals surface area contributed by atoms with Crippen molar-refractivity contribution in [3.05, 3.63) is 0 Å². The van der Waals surface area contributed by atoms with Crippen LogP contribution in [0.1, 0.15) is 51.4 Å². The van der Waals surface area contributed by atoms with E-state index in [9.17, 15) is 0 Å². The van der Waals surface area contributed by atoms with Crippen LogP contribution in [-0.2, 0) is 18.8 Å². The minimum Gasteiger partial charge on any atom is -0.402 e. The van der Waals surface area contributed by atoms with E-state index >= 15 is 0 Å². The van der Waals surface area contributed by atoms with Crippen molar-refractivity contribution in [2.45, 2.75) is 74.8 Å². The molecule has 0 aromatic carbocycles. The molecule has 1 heterocycles. The van der Waals surface area contributed by atoms with Crippen molar-refractivity contribution in [3.63, 3.8) is 0 Å². The van der Waals surface area contributed by atoms with Gasteiger partial charge in [-0.1, -0.05) is 48.3 Å². The van der Waals surface area contributed by atoms with Crippen LogP contribution in [0.15, 0.2) is 0 Å². The van der Waals surface area contributed by atoms with Crippen molar-refractivity contribution >= 4 is 29.7 Å². The Morgan fingerprint density at radius 3 is 1.57 bits per heavy atom. The van der Waals surface area contributed by atoms with Gasteiger partial charge in [-0.3, -0.25) is 0 Å². The summed E-state index contributed by atoms with van der Waals surface area (Å²) < 4.78 is 25.4. The predicted molar refractivity (Wildman–Crippen MR) is 90.8 cm³/mol. The Balaban J connectivity index is 1.88. The van der Waals surface area contributed by atoms with Crippen LogP contribution in [0.5, 0.6) is 0 Å². The first-order chi connectivity index (χ1) is 10.2. The van der Waals surface area contributed by atoms with E-state index in [2.05, 4.69) is 22.6 Å². The summed E-state index contributed by atoms with van der Waals surface area (Å²) in [7, 11) is 3.54. The second-order valence-corrected chi connectivity index (χ2v) is 7.53. The molecular weight excluding hydrogens is 382 g/mol. The fourth-order valence-electron chi connectivity index (χ4n) is 4.53.